The molecule has 0 aliphatic heterocycles. The van der Waals surface area contributed by atoms with Crippen LogP contribution in [0.25, 0.3) is 83.6 Å². The van der Waals surface area contributed by atoms with Gasteiger partial charge in [0.1, 0.15) is 5.58 Å². The summed E-state index contributed by atoms with van der Waals surface area (Å²) in [5.41, 5.74) is 13.1. The Labute approximate surface area is 384 Å². The molecule has 0 fully saturated rings. The average Bonchev–Trinajstić information content (AvgIpc) is 3.90. The molecule has 6 heteroatoms. The molecule has 4 nitrogen and oxygen atoms in total. The van der Waals surface area contributed by atoms with E-state index in [2.05, 4.69) is 159 Å². The van der Waals surface area contributed by atoms with Gasteiger partial charge < -0.3 is 14.0 Å². The molecule has 0 N–H and O–H groups in total. The predicted molar refractivity (Wildman–Crippen MR) is 247 cm³/mol. The normalized spacial score (nSPS) is 13.1. The molecule has 10 aromatic rings. The Morgan fingerprint density at radius 3 is 2.05 bits per heavy atom. The van der Waals surface area contributed by atoms with Gasteiger partial charge in [-0.3, -0.25) is 9.37 Å². The first kappa shape index (κ1) is 35.2. The quantitative estimate of drug-likeness (QED) is 0.118. The number of para-hydroxylation sites is 3. The van der Waals surface area contributed by atoms with Gasteiger partial charge >= 0.3 is 20.1 Å². The molecule has 306 valence electrons. The molecule has 0 bridgehead atoms. The molecule has 0 radical (unpaired) electrons. The van der Waals surface area contributed by atoms with Crippen LogP contribution in [0.1, 0.15) is 70.1 Å². The first-order chi connectivity index (χ1) is 32.1. The minimum Gasteiger partial charge on any atom is -0.501 e. The smallest absolute Gasteiger partial charge is 0.501 e. The maximum absolute atomic E-state index is 12.9. The number of nitrogens with zero attached hydrogens (tertiary/aromatic N) is 3. The predicted octanol–water partition coefficient (Wildman–Crippen LogP) is 14.3. The van der Waals surface area contributed by atoms with Gasteiger partial charge in [-0.05, 0) is 101 Å². The largest absolute Gasteiger partial charge is 3.00 e. The number of hydrogen-bond donors (Lipinski definition) is 0. The van der Waals surface area contributed by atoms with Crippen molar-refractivity contribution in [2.45, 2.75) is 53.2 Å². The number of furan rings is 1. The van der Waals surface area contributed by atoms with Gasteiger partial charge in [-0.25, -0.2) is 0 Å². The van der Waals surface area contributed by atoms with Crippen LogP contribution in [0.5, 0.6) is 0 Å². The summed E-state index contributed by atoms with van der Waals surface area (Å²) < 4.78 is 66.2. The summed E-state index contributed by atoms with van der Waals surface area (Å²) in [6.45, 7) is 3.93. The summed E-state index contributed by atoms with van der Waals surface area (Å²) >= 11 is 0. The minimum absolute atomic E-state index is 0. The van der Waals surface area contributed by atoms with E-state index in [0.29, 0.717) is 5.56 Å². The summed E-state index contributed by atoms with van der Waals surface area (Å²) in [5, 5.41) is 2.18. The van der Waals surface area contributed by atoms with Crippen molar-refractivity contribution in [2.75, 3.05) is 0 Å². The maximum atomic E-state index is 12.9. The third-order valence-electron chi connectivity index (χ3n) is 11.0. The van der Waals surface area contributed by atoms with Crippen molar-refractivity contribution in [2.24, 2.45) is 0 Å². The fourth-order valence-corrected chi connectivity index (χ4v) is 7.92. The second kappa shape index (κ2) is 17.9. The molecule has 0 aliphatic carbocycles. The Morgan fingerprint density at radius 2 is 1.35 bits per heavy atom. The first-order valence-corrected chi connectivity index (χ1v) is 20.4. The molecule has 3 aromatic heterocycles. The zero-order valence-electron chi connectivity index (χ0n) is 40.6. The van der Waals surface area contributed by atoms with Gasteiger partial charge in [0, 0.05) is 30.8 Å². The van der Waals surface area contributed by atoms with Crippen LogP contribution in [-0.4, -0.2) is 4.98 Å². The number of aromatic nitrogens is 3. The fraction of sp³-hybridized carbons (Fsp3) is 0.143. The summed E-state index contributed by atoms with van der Waals surface area (Å²) in [5.74, 6) is 0.913. The number of hydrogen-bond acceptors (Lipinski definition) is 2. The Kier molecular flexibility index (Phi) is 10.1. The summed E-state index contributed by atoms with van der Waals surface area (Å²) in [6, 6.07) is 57.5. The van der Waals surface area contributed by atoms with Crippen molar-refractivity contribution < 1.29 is 41.7 Å². The molecule has 0 spiro atoms. The van der Waals surface area contributed by atoms with Gasteiger partial charge in [0.15, 0.2) is 0 Å². The van der Waals surface area contributed by atoms with E-state index >= 15 is 0 Å². The molecule has 3 heterocycles. The van der Waals surface area contributed by atoms with Crippen LogP contribution in [0.3, 0.4) is 0 Å². The zero-order chi connectivity index (χ0) is 47.2. The fourth-order valence-electron chi connectivity index (χ4n) is 7.92. The molecule has 0 saturated carbocycles. The molecule has 0 unspecified atom stereocenters. The number of pyridine rings is 1. The summed E-state index contributed by atoms with van der Waals surface area (Å²) in [7, 11) is 0. The molecular weight excluding hydrogens is 942 g/mol. The molecule has 0 saturated heterocycles. The Hall–Kier alpha value is -6.46. The monoisotopic (exact) mass is 994 g/mol. The standard InChI is InChI=1S/C43H35N2O.C13H11FN.Ir/c1-27(2)36-25-32(31-23-21-30(22-24-31)29-13-6-5-7-14-29)26-37(28(3)4)41(36)45-39-19-10-9-18-38(39)44-43(45)35-17-12-16-34-33-15-8-11-20-40(33)46-42(34)35;1-9-3-8-13(15-10(9)2)11-4-6-12(14)7-5-11;/h5-16,18-28H,1-4H3;3-4,6-8H,1-2H3;/q2*-1;+3/i;1D3,2D3;. The molecule has 0 atom stereocenters. The van der Waals surface area contributed by atoms with Crippen LogP contribution >= 0.6 is 0 Å². The van der Waals surface area contributed by atoms with Gasteiger partial charge in [-0.15, -0.1) is 48.0 Å². The van der Waals surface area contributed by atoms with E-state index in [4.69, 9.17) is 17.6 Å². The SMILES string of the molecule is CC(C)c1cc(-c2ccc(-c3ccccc3)cc2)cc(C(C)C)c1-[n+]1c(-c2[c-]ccc3c2oc2ccccc23)[n-]c2ccccc21.[2H]C([2H])([2H])c1ccc(-c2[c-]cc(F)cc2)nc1C([2H])([2H])[2H].[Ir+3]. The van der Waals surface area contributed by atoms with Crippen LogP contribution in [0.4, 0.5) is 4.39 Å². The Morgan fingerprint density at radius 1 is 0.677 bits per heavy atom. The van der Waals surface area contributed by atoms with E-state index in [1.807, 2.05) is 18.2 Å². The molecule has 10 rings (SSSR count). The van der Waals surface area contributed by atoms with Gasteiger partial charge in [0.25, 0.3) is 0 Å². The number of aryl methyl sites for hydroxylation is 2. The van der Waals surface area contributed by atoms with Crippen molar-refractivity contribution in [3.63, 3.8) is 0 Å². The summed E-state index contributed by atoms with van der Waals surface area (Å²) in [4.78, 5) is 9.21. The number of imidazole rings is 1. The Bertz CT molecular complexity index is 3370. The van der Waals surface area contributed by atoms with E-state index in [1.54, 1.807) is 0 Å². The molecular formula is C56H46FIrN3O+. The molecule has 7 aromatic carbocycles. The topological polar surface area (TPSA) is 44.0 Å². The van der Waals surface area contributed by atoms with Crippen molar-refractivity contribution in [3.05, 3.63) is 198 Å². The maximum Gasteiger partial charge on any atom is 3.00 e. The van der Waals surface area contributed by atoms with E-state index in [0.717, 1.165) is 50.4 Å². The van der Waals surface area contributed by atoms with E-state index < -0.39 is 25.2 Å². The van der Waals surface area contributed by atoms with Crippen molar-refractivity contribution >= 4 is 33.0 Å². The Balaban J connectivity index is 0.000000240. The number of benzene rings is 7. The van der Waals surface area contributed by atoms with Crippen LogP contribution in [0.2, 0.25) is 0 Å². The third kappa shape index (κ3) is 8.16. The van der Waals surface area contributed by atoms with E-state index in [9.17, 15) is 4.39 Å². The average molecular weight is 994 g/mol. The van der Waals surface area contributed by atoms with Crippen LogP contribution in [0.15, 0.2) is 162 Å². The van der Waals surface area contributed by atoms with Crippen molar-refractivity contribution in [3.8, 4) is 50.6 Å². The number of rotatable bonds is 7. The van der Waals surface area contributed by atoms with Gasteiger partial charge in [0.2, 0.25) is 0 Å². The van der Waals surface area contributed by atoms with Gasteiger partial charge in [-0.2, -0.15) is 0 Å². The zero-order valence-corrected chi connectivity index (χ0v) is 37.0. The van der Waals surface area contributed by atoms with Crippen LogP contribution in [-0.2, 0) is 20.1 Å². The number of fused-ring (bicyclic) bond motifs is 4. The van der Waals surface area contributed by atoms with E-state index in [1.165, 1.54) is 63.3 Å². The number of halogens is 1. The molecule has 0 amide bonds. The van der Waals surface area contributed by atoms with Gasteiger partial charge in [-0.1, -0.05) is 136 Å². The molecule has 0 aliphatic rings. The first-order valence-electron chi connectivity index (χ1n) is 23.4. The third-order valence-corrected chi connectivity index (χ3v) is 11.0. The summed E-state index contributed by atoms with van der Waals surface area (Å²) in [6.07, 6.45) is 0. The van der Waals surface area contributed by atoms with E-state index in [-0.39, 0.29) is 43.2 Å². The van der Waals surface area contributed by atoms with Crippen molar-refractivity contribution in [1.29, 1.82) is 0 Å². The van der Waals surface area contributed by atoms with Gasteiger partial charge in [0.05, 0.1) is 22.4 Å². The second-order valence-electron chi connectivity index (χ2n) is 15.7. The second-order valence-corrected chi connectivity index (χ2v) is 15.7. The minimum atomic E-state index is -2.65. The van der Waals surface area contributed by atoms with Crippen molar-refractivity contribution in [1.82, 2.24) is 9.97 Å². The molecule has 62 heavy (non-hydrogen) atoms. The van der Waals surface area contributed by atoms with Crippen LogP contribution < -0.4 is 9.55 Å². The van der Waals surface area contributed by atoms with Crippen LogP contribution in [0, 0.1) is 31.7 Å².